The molecular formula is C17H18BrNO. The molecule has 1 aliphatic rings. The summed E-state index contributed by atoms with van der Waals surface area (Å²) in [7, 11) is 1.95. The van der Waals surface area contributed by atoms with Crippen molar-refractivity contribution in [1.82, 2.24) is 5.32 Å². The van der Waals surface area contributed by atoms with Crippen molar-refractivity contribution in [1.29, 1.82) is 0 Å². The third kappa shape index (κ3) is 2.89. The fourth-order valence-electron chi connectivity index (χ4n) is 2.70. The number of nitrogens with one attached hydrogen (secondary N) is 1. The zero-order chi connectivity index (χ0) is 13.9. The first-order valence-electron chi connectivity index (χ1n) is 6.99. The minimum Gasteiger partial charge on any atom is -0.457 e. The van der Waals surface area contributed by atoms with Crippen LogP contribution in [0.25, 0.3) is 0 Å². The molecule has 2 nitrogen and oxygen atoms in total. The molecule has 0 spiro atoms. The topological polar surface area (TPSA) is 21.3 Å². The number of hydrogen-bond acceptors (Lipinski definition) is 2. The second-order valence-electron chi connectivity index (χ2n) is 5.17. The van der Waals surface area contributed by atoms with Gasteiger partial charge in [-0.25, -0.2) is 0 Å². The van der Waals surface area contributed by atoms with Crippen LogP contribution in [0, 0.1) is 0 Å². The molecule has 0 aromatic heterocycles. The van der Waals surface area contributed by atoms with Crippen molar-refractivity contribution in [2.75, 3.05) is 7.05 Å². The molecule has 0 radical (unpaired) electrons. The molecule has 0 amide bonds. The summed E-state index contributed by atoms with van der Waals surface area (Å²) in [6.45, 7) is 0.799. The average molecular weight is 332 g/mol. The summed E-state index contributed by atoms with van der Waals surface area (Å²) in [5.41, 5.74) is 4.07. The second-order valence-corrected chi connectivity index (χ2v) is 6.08. The lowest BCUT2D eigenvalue weighted by Crippen LogP contribution is -2.06. The standard InChI is InChI=1S/C17H18BrNO/c1-19-11-14-5-7-15(18)10-17(14)20-16-8-6-12-3-2-4-13(12)9-16/h5-10,19H,2-4,11H2,1H3. The highest BCUT2D eigenvalue weighted by Crippen LogP contribution is 2.32. The number of aryl methyl sites for hydroxylation is 2. The molecule has 0 heterocycles. The molecule has 0 bridgehead atoms. The molecule has 1 aliphatic carbocycles. The van der Waals surface area contributed by atoms with Crippen molar-refractivity contribution < 1.29 is 4.74 Å². The predicted octanol–water partition coefficient (Wildman–Crippen LogP) is 4.45. The minimum atomic E-state index is 0.799. The average Bonchev–Trinajstić information content (AvgIpc) is 2.89. The van der Waals surface area contributed by atoms with E-state index in [9.17, 15) is 0 Å². The van der Waals surface area contributed by atoms with Crippen molar-refractivity contribution in [2.24, 2.45) is 0 Å². The van der Waals surface area contributed by atoms with Crippen molar-refractivity contribution >= 4 is 15.9 Å². The summed E-state index contributed by atoms with van der Waals surface area (Å²) in [6.07, 6.45) is 3.65. The van der Waals surface area contributed by atoms with E-state index in [2.05, 4.69) is 45.5 Å². The van der Waals surface area contributed by atoms with Crippen molar-refractivity contribution in [3.05, 3.63) is 57.6 Å². The zero-order valence-corrected chi connectivity index (χ0v) is 13.2. The predicted molar refractivity (Wildman–Crippen MR) is 85.4 cm³/mol. The van der Waals surface area contributed by atoms with Crippen LogP contribution >= 0.6 is 15.9 Å². The van der Waals surface area contributed by atoms with Crippen LogP contribution in [0.15, 0.2) is 40.9 Å². The maximum atomic E-state index is 6.10. The van der Waals surface area contributed by atoms with E-state index >= 15 is 0 Å². The normalized spacial score (nSPS) is 13.3. The van der Waals surface area contributed by atoms with Gasteiger partial charge in [0.2, 0.25) is 0 Å². The van der Waals surface area contributed by atoms with E-state index in [1.54, 1.807) is 0 Å². The number of halogens is 1. The lowest BCUT2D eigenvalue weighted by atomic mass is 10.1. The van der Waals surface area contributed by atoms with Gasteiger partial charge in [-0.05, 0) is 61.7 Å². The number of hydrogen-bond donors (Lipinski definition) is 1. The summed E-state index contributed by atoms with van der Waals surface area (Å²) in [4.78, 5) is 0. The van der Waals surface area contributed by atoms with Crippen LogP contribution in [-0.4, -0.2) is 7.05 Å². The first-order chi connectivity index (χ1) is 9.76. The maximum Gasteiger partial charge on any atom is 0.133 e. The lowest BCUT2D eigenvalue weighted by molar-refractivity contribution is 0.473. The highest BCUT2D eigenvalue weighted by molar-refractivity contribution is 9.10. The van der Waals surface area contributed by atoms with E-state index < -0.39 is 0 Å². The lowest BCUT2D eigenvalue weighted by Gasteiger charge is -2.12. The summed E-state index contributed by atoms with van der Waals surface area (Å²) in [5.74, 6) is 1.84. The largest absolute Gasteiger partial charge is 0.457 e. The maximum absolute atomic E-state index is 6.10. The number of ether oxygens (including phenoxy) is 1. The monoisotopic (exact) mass is 331 g/mol. The quantitative estimate of drug-likeness (QED) is 0.893. The molecule has 0 fully saturated rings. The van der Waals surface area contributed by atoms with E-state index in [4.69, 9.17) is 4.74 Å². The Morgan fingerprint density at radius 2 is 1.95 bits per heavy atom. The van der Waals surface area contributed by atoms with E-state index in [0.29, 0.717) is 0 Å². The Kier molecular flexibility index (Phi) is 4.08. The molecule has 2 aromatic carbocycles. The van der Waals surface area contributed by atoms with Crippen LogP contribution in [0.1, 0.15) is 23.1 Å². The van der Waals surface area contributed by atoms with Gasteiger partial charge in [0.25, 0.3) is 0 Å². The molecule has 0 saturated carbocycles. The molecule has 2 aromatic rings. The van der Waals surface area contributed by atoms with Crippen molar-refractivity contribution in [3.63, 3.8) is 0 Å². The van der Waals surface area contributed by atoms with Gasteiger partial charge in [0.15, 0.2) is 0 Å². The van der Waals surface area contributed by atoms with E-state index in [0.717, 1.165) is 28.1 Å². The number of rotatable bonds is 4. The fraction of sp³-hybridized carbons (Fsp3) is 0.294. The van der Waals surface area contributed by atoms with Gasteiger partial charge in [-0.3, -0.25) is 0 Å². The Labute approximate surface area is 128 Å². The van der Waals surface area contributed by atoms with Gasteiger partial charge < -0.3 is 10.1 Å². The molecule has 1 N–H and O–H groups in total. The highest BCUT2D eigenvalue weighted by atomic mass is 79.9. The van der Waals surface area contributed by atoms with E-state index in [1.165, 1.54) is 30.4 Å². The molecule has 3 rings (SSSR count). The molecule has 104 valence electrons. The molecular weight excluding hydrogens is 314 g/mol. The molecule has 20 heavy (non-hydrogen) atoms. The van der Waals surface area contributed by atoms with Crippen LogP contribution in [0.5, 0.6) is 11.5 Å². The van der Waals surface area contributed by atoms with Crippen molar-refractivity contribution in [2.45, 2.75) is 25.8 Å². The third-order valence-electron chi connectivity index (χ3n) is 3.69. The Balaban J connectivity index is 1.88. The van der Waals surface area contributed by atoms with Crippen LogP contribution in [0.4, 0.5) is 0 Å². The highest BCUT2D eigenvalue weighted by Gasteiger charge is 2.12. The Morgan fingerprint density at radius 3 is 2.80 bits per heavy atom. The number of fused-ring (bicyclic) bond motifs is 1. The second kappa shape index (κ2) is 5.98. The van der Waals surface area contributed by atoms with Crippen LogP contribution in [-0.2, 0) is 19.4 Å². The molecule has 0 atom stereocenters. The first-order valence-corrected chi connectivity index (χ1v) is 7.78. The van der Waals surface area contributed by atoms with Crippen LogP contribution in [0.2, 0.25) is 0 Å². The third-order valence-corrected chi connectivity index (χ3v) is 4.19. The molecule has 3 heteroatoms. The summed E-state index contributed by atoms with van der Waals surface area (Å²) in [5, 5.41) is 3.18. The van der Waals surface area contributed by atoms with Gasteiger partial charge in [0.05, 0.1) is 0 Å². The van der Waals surface area contributed by atoms with Crippen LogP contribution in [0.3, 0.4) is 0 Å². The van der Waals surface area contributed by atoms with Gasteiger partial charge in [-0.2, -0.15) is 0 Å². The molecule has 0 saturated heterocycles. The van der Waals surface area contributed by atoms with Gasteiger partial charge in [0.1, 0.15) is 11.5 Å². The summed E-state index contributed by atoms with van der Waals surface area (Å²) < 4.78 is 7.13. The van der Waals surface area contributed by atoms with Gasteiger partial charge >= 0.3 is 0 Å². The smallest absolute Gasteiger partial charge is 0.133 e. The molecule has 0 unspecified atom stereocenters. The van der Waals surface area contributed by atoms with Gasteiger partial charge in [0, 0.05) is 16.6 Å². The summed E-state index contributed by atoms with van der Waals surface area (Å²) in [6, 6.07) is 12.6. The van der Waals surface area contributed by atoms with Gasteiger partial charge in [-0.1, -0.05) is 28.1 Å². The Morgan fingerprint density at radius 1 is 1.10 bits per heavy atom. The minimum absolute atomic E-state index is 0.799. The van der Waals surface area contributed by atoms with E-state index in [1.807, 2.05) is 19.2 Å². The number of benzene rings is 2. The van der Waals surface area contributed by atoms with Crippen LogP contribution < -0.4 is 10.1 Å². The Hall–Kier alpha value is -1.32. The van der Waals surface area contributed by atoms with Crippen molar-refractivity contribution in [3.8, 4) is 11.5 Å². The first kappa shape index (κ1) is 13.7. The Bertz CT molecular complexity index is 624. The van der Waals surface area contributed by atoms with E-state index in [-0.39, 0.29) is 0 Å². The fourth-order valence-corrected chi connectivity index (χ4v) is 3.04. The zero-order valence-electron chi connectivity index (χ0n) is 11.6. The van der Waals surface area contributed by atoms with Gasteiger partial charge in [-0.15, -0.1) is 0 Å². The molecule has 0 aliphatic heterocycles. The summed E-state index contributed by atoms with van der Waals surface area (Å²) >= 11 is 3.51. The SMILES string of the molecule is CNCc1ccc(Br)cc1Oc1ccc2c(c1)CCC2.